The molecule has 1 saturated carbocycles. The first-order valence-corrected chi connectivity index (χ1v) is 8.47. The maximum atomic E-state index is 12.3. The van der Waals surface area contributed by atoms with Crippen molar-refractivity contribution in [2.75, 3.05) is 6.79 Å². The summed E-state index contributed by atoms with van der Waals surface area (Å²) in [6.45, 7) is 2.47. The van der Waals surface area contributed by atoms with Crippen LogP contribution in [0.15, 0.2) is 28.9 Å². The normalized spacial score (nSPS) is 16.5. The van der Waals surface area contributed by atoms with Gasteiger partial charge in [0.15, 0.2) is 23.8 Å². The molecule has 1 aliphatic heterocycles. The molecule has 7 heteroatoms. The Kier molecular flexibility index (Phi) is 3.99. The van der Waals surface area contributed by atoms with E-state index in [2.05, 4.69) is 17.2 Å². The Labute approximate surface area is 145 Å². The average molecular weight is 344 g/mol. The van der Waals surface area contributed by atoms with Crippen molar-refractivity contribution in [3.8, 4) is 17.2 Å². The van der Waals surface area contributed by atoms with Crippen LogP contribution in [0.1, 0.15) is 49.0 Å². The van der Waals surface area contributed by atoms with Gasteiger partial charge in [-0.15, -0.1) is 0 Å². The summed E-state index contributed by atoms with van der Waals surface area (Å²) in [7, 11) is 0. The Hall–Kier alpha value is -2.70. The molecule has 1 fully saturated rings. The van der Waals surface area contributed by atoms with E-state index in [1.54, 1.807) is 18.2 Å². The van der Waals surface area contributed by atoms with E-state index in [4.69, 9.17) is 18.6 Å². The van der Waals surface area contributed by atoms with Gasteiger partial charge in [0.2, 0.25) is 12.7 Å². The Bertz CT molecular complexity index is 782. The highest BCUT2D eigenvalue weighted by atomic mass is 16.7. The lowest BCUT2D eigenvalue weighted by Gasteiger charge is -2.14. The van der Waals surface area contributed by atoms with Crippen LogP contribution in [-0.2, 0) is 6.61 Å². The largest absolute Gasteiger partial charge is 0.484 e. The summed E-state index contributed by atoms with van der Waals surface area (Å²) in [6, 6.07) is 5.32. The molecule has 2 heterocycles. The fourth-order valence-electron chi connectivity index (χ4n) is 2.97. The molecule has 0 bridgehead atoms. The van der Waals surface area contributed by atoms with Crippen LogP contribution in [0.2, 0.25) is 0 Å². The van der Waals surface area contributed by atoms with Crippen LogP contribution in [-0.4, -0.2) is 23.2 Å². The van der Waals surface area contributed by atoms with Crippen LogP contribution in [0.4, 0.5) is 0 Å². The van der Waals surface area contributed by atoms with Crippen LogP contribution in [0.25, 0.3) is 0 Å². The average Bonchev–Trinajstić information content (AvgIpc) is 3.04. The van der Waals surface area contributed by atoms with Gasteiger partial charge in [0.25, 0.3) is 5.91 Å². The number of benzene rings is 1. The number of aromatic nitrogens is 1. The van der Waals surface area contributed by atoms with Crippen molar-refractivity contribution in [1.29, 1.82) is 0 Å². The molecule has 7 nitrogen and oxygen atoms in total. The van der Waals surface area contributed by atoms with Crippen LogP contribution in [0.5, 0.6) is 17.2 Å². The van der Waals surface area contributed by atoms with Gasteiger partial charge in [-0.2, -0.15) is 0 Å². The molecule has 25 heavy (non-hydrogen) atoms. The number of fused-ring (bicyclic) bond motifs is 1. The standard InChI is InChI=1S/C18H20N2O5/c1-2-5-18(6-7-18)20-17(21)13-9-23-16(19-13)10-22-12-3-4-14-15(8-12)25-11-24-14/h3-4,8-9H,2,5-7,10-11H2,1H3,(H,20,21). The molecule has 4 rings (SSSR count). The summed E-state index contributed by atoms with van der Waals surface area (Å²) >= 11 is 0. The highest BCUT2D eigenvalue weighted by Gasteiger charge is 2.43. The lowest BCUT2D eigenvalue weighted by molar-refractivity contribution is 0.0924. The van der Waals surface area contributed by atoms with Crippen LogP contribution in [0.3, 0.4) is 0 Å². The molecule has 0 saturated heterocycles. The van der Waals surface area contributed by atoms with Gasteiger partial charge in [-0.25, -0.2) is 4.98 Å². The van der Waals surface area contributed by atoms with Crippen molar-refractivity contribution in [2.45, 2.75) is 44.8 Å². The van der Waals surface area contributed by atoms with E-state index in [9.17, 15) is 4.79 Å². The van der Waals surface area contributed by atoms with Gasteiger partial charge < -0.3 is 23.9 Å². The maximum absolute atomic E-state index is 12.3. The SMILES string of the molecule is CCCC1(NC(=O)c2coc(COc3ccc4c(c3)OCO4)n2)CC1. The fourth-order valence-corrected chi connectivity index (χ4v) is 2.97. The molecule has 0 atom stereocenters. The quantitative estimate of drug-likeness (QED) is 0.831. The molecule has 2 aliphatic rings. The van der Waals surface area contributed by atoms with Gasteiger partial charge in [-0.1, -0.05) is 13.3 Å². The van der Waals surface area contributed by atoms with E-state index in [1.165, 1.54) is 6.26 Å². The molecule has 1 aromatic heterocycles. The molecule has 1 aromatic carbocycles. The van der Waals surface area contributed by atoms with Crippen molar-refractivity contribution >= 4 is 5.91 Å². The molecular weight excluding hydrogens is 324 g/mol. The summed E-state index contributed by atoms with van der Waals surface area (Å²) in [5.41, 5.74) is 0.250. The van der Waals surface area contributed by atoms with Gasteiger partial charge in [0.1, 0.15) is 12.0 Å². The third kappa shape index (κ3) is 3.40. The van der Waals surface area contributed by atoms with Crippen molar-refractivity contribution in [3.63, 3.8) is 0 Å². The minimum Gasteiger partial charge on any atom is -0.484 e. The predicted molar refractivity (Wildman–Crippen MR) is 87.7 cm³/mol. The number of nitrogens with one attached hydrogen (secondary N) is 1. The number of rotatable bonds is 7. The molecule has 0 spiro atoms. The molecule has 1 N–H and O–H groups in total. The van der Waals surface area contributed by atoms with Gasteiger partial charge in [-0.05, 0) is 31.4 Å². The number of amides is 1. The van der Waals surface area contributed by atoms with Crippen LogP contribution in [0, 0.1) is 0 Å². The number of ether oxygens (including phenoxy) is 3. The predicted octanol–water partition coefficient (Wildman–Crippen LogP) is 3.04. The van der Waals surface area contributed by atoms with E-state index in [1.807, 2.05) is 0 Å². The molecule has 2 aromatic rings. The third-order valence-electron chi connectivity index (χ3n) is 4.45. The minimum absolute atomic E-state index is 0.0338. The summed E-state index contributed by atoms with van der Waals surface area (Å²) in [6.07, 6.45) is 5.48. The number of carbonyl (C=O) groups is 1. The second-order valence-corrected chi connectivity index (χ2v) is 6.41. The zero-order valence-electron chi connectivity index (χ0n) is 14.0. The highest BCUT2D eigenvalue weighted by Crippen LogP contribution is 2.39. The first kappa shape index (κ1) is 15.8. The van der Waals surface area contributed by atoms with Gasteiger partial charge in [0.05, 0.1) is 0 Å². The second-order valence-electron chi connectivity index (χ2n) is 6.41. The number of hydrogen-bond acceptors (Lipinski definition) is 6. The first-order chi connectivity index (χ1) is 12.2. The smallest absolute Gasteiger partial charge is 0.273 e. The van der Waals surface area contributed by atoms with Crippen LogP contribution < -0.4 is 19.5 Å². The van der Waals surface area contributed by atoms with Crippen molar-refractivity contribution in [2.24, 2.45) is 0 Å². The fraction of sp³-hybridized carbons (Fsp3) is 0.444. The van der Waals surface area contributed by atoms with E-state index in [0.29, 0.717) is 23.1 Å². The third-order valence-corrected chi connectivity index (χ3v) is 4.45. The van der Waals surface area contributed by atoms with E-state index < -0.39 is 0 Å². The monoisotopic (exact) mass is 344 g/mol. The van der Waals surface area contributed by atoms with Crippen molar-refractivity contribution < 1.29 is 23.4 Å². The van der Waals surface area contributed by atoms with E-state index in [-0.39, 0.29) is 30.5 Å². The Morgan fingerprint density at radius 2 is 2.16 bits per heavy atom. The molecular formula is C18H20N2O5. The van der Waals surface area contributed by atoms with Crippen molar-refractivity contribution in [1.82, 2.24) is 10.3 Å². The van der Waals surface area contributed by atoms with E-state index >= 15 is 0 Å². The second kappa shape index (κ2) is 6.31. The zero-order valence-corrected chi connectivity index (χ0v) is 14.0. The van der Waals surface area contributed by atoms with Crippen molar-refractivity contribution in [3.05, 3.63) is 36.0 Å². The number of carbonyl (C=O) groups excluding carboxylic acids is 1. The summed E-state index contributed by atoms with van der Waals surface area (Å²) in [5, 5.41) is 3.07. The van der Waals surface area contributed by atoms with Crippen LogP contribution >= 0.6 is 0 Å². The lowest BCUT2D eigenvalue weighted by Crippen LogP contribution is -2.36. The van der Waals surface area contributed by atoms with Gasteiger partial charge in [0, 0.05) is 11.6 Å². The maximum Gasteiger partial charge on any atom is 0.273 e. The Morgan fingerprint density at radius 1 is 1.32 bits per heavy atom. The first-order valence-electron chi connectivity index (χ1n) is 8.47. The molecule has 0 unspecified atom stereocenters. The summed E-state index contributed by atoms with van der Waals surface area (Å²) in [4.78, 5) is 16.5. The van der Waals surface area contributed by atoms with E-state index in [0.717, 1.165) is 25.7 Å². The van der Waals surface area contributed by atoms with Gasteiger partial charge >= 0.3 is 0 Å². The Balaban J connectivity index is 1.34. The molecule has 1 amide bonds. The minimum atomic E-state index is -0.191. The zero-order chi connectivity index (χ0) is 17.3. The summed E-state index contributed by atoms with van der Waals surface area (Å²) < 4.78 is 21.5. The topological polar surface area (TPSA) is 82.8 Å². The number of oxazole rings is 1. The molecule has 1 aliphatic carbocycles. The lowest BCUT2D eigenvalue weighted by atomic mass is 10.1. The Morgan fingerprint density at radius 3 is 2.96 bits per heavy atom. The molecule has 0 radical (unpaired) electrons. The number of nitrogens with zero attached hydrogens (tertiary/aromatic N) is 1. The molecule has 132 valence electrons. The van der Waals surface area contributed by atoms with Gasteiger partial charge in [-0.3, -0.25) is 4.79 Å². The summed E-state index contributed by atoms with van der Waals surface area (Å²) in [5.74, 6) is 2.12. The number of hydrogen-bond donors (Lipinski definition) is 1. The highest BCUT2D eigenvalue weighted by molar-refractivity contribution is 5.92.